The molecule has 0 aliphatic rings. The number of aromatic nitrogens is 1. The molecule has 0 aromatic carbocycles. The summed E-state index contributed by atoms with van der Waals surface area (Å²) in [4.78, 5) is 29.4. The van der Waals surface area contributed by atoms with Crippen LogP contribution in [0.2, 0.25) is 0 Å². The molecule has 0 fully saturated rings. The molecule has 0 radical (unpaired) electrons. The molecule has 9 heteroatoms. The molecule has 0 saturated carbocycles. The Hall–Kier alpha value is -1.97. The standard InChI is InChI=1S/C19H32BN3O5/c1-5-6-8-14-9-7-10-15(21-14)18(25)23-17(13(4)24)19(26)22-16(20(27)28)11-12(2)3/h7,9-10,12-13,16-17,24,27-28H,5-6,8,11H2,1-4H3,(H,22,26)(H,23,25)/t13-,16+,17+/m1/s1. The van der Waals surface area contributed by atoms with Gasteiger partial charge in [0.1, 0.15) is 11.7 Å². The highest BCUT2D eigenvalue weighted by atomic mass is 16.4. The van der Waals surface area contributed by atoms with Gasteiger partial charge in [0.05, 0.1) is 12.0 Å². The minimum atomic E-state index is -1.74. The molecule has 0 bridgehead atoms. The molecule has 2 amide bonds. The lowest BCUT2D eigenvalue weighted by Gasteiger charge is -2.25. The van der Waals surface area contributed by atoms with Crippen LogP contribution < -0.4 is 10.6 Å². The lowest BCUT2D eigenvalue weighted by Crippen LogP contribution is -2.57. The second-order valence-corrected chi connectivity index (χ2v) is 7.47. The van der Waals surface area contributed by atoms with E-state index in [1.54, 1.807) is 12.1 Å². The Morgan fingerprint density at radius 1 is 1.18 bits per heavy atom. The van der Waals surface area contributed by atoms with Gasteiger partial charge >= 0.3 is 7.12 Å². The van der Waals surface area contributed by atoms with Crippen LogP contribution in [0.25, 0.3) is 0 Å². The highest BCUT2D eigenvalue weighted by Crippen LogP contribution is 2.08. The topological polar surface area (TPSA) is 132 Å². The molecule has 1 rings (SSSR count). The number of carbonyl (C=O) groups excluding carboxylic acids is 2. The van der Waals surface area contributed by atoms with Crippen LogP contribution in [0.15, 0.2) is 18.2 Å². The Morgan fingerprint density at radius 3 is 2.39 bits per heavy atom. The molecule has 5 N–H and O–H groups in total. The van der Waals surface area contributed by atoms with Crippen LogP contribution in [0.4, 0.5) is 0 Å². The van der Waals surface area contributed by atoms with Gasteiger partial charge in [0.2, 0.25) is 5.91 Å². The number of aryl methyl sites for hydroxylation is 1. The molecule has 0 aliphatic heterocycles. The molecule has 1 aromatic heterocycles. The number of aliphatic hydroxyl groups excluding tert-OH is 1. The van der Waals surface area contributed by atoms with Crippen LogP contribution in [-0.2, 0) is 11.2 Å². The van der Waals surface area contributed by atoms with Crippen LogP contribution >= 0.6 is 0 Å². The number of carbonyl (C=O) groups is 2. The van der Waals surface area contributed by atoms with Crippen molar-refractivity contribution in [3.8, 4) is 0 Å². The van der Waals surface area contributed by atoms with Crippen molar-refractivity contribution < 1.29 is 24.7 Å². The Morgan fingerprint density at radius 2 is 1.86 bits per heavy atom. The van der Waals surface area contributed by atoms with E-state index in [0.717, 1.165) is 25.0 Å². The normalized spacial score (nSPS) is 14.3. The van der Waals surface area contributed by atoms with Crippen molar-refractivity contribution >= 4 is 18.9 Å². The Labute approximate surface area is 166 Å². The maximum Gasteiger partial charge on any atom is 0.475 e. The summed E-state index contributed by atoms with van der Waals surface area (Å²) in [5, 5.41) is 33.9. The van der Waals surface area contributed by atoms with Crippen LogP contribution in [0, 0.1) is 5.92 Å². The fraction of sp³-hybridized carbons (Fsp3) is 0.632. The number of pyridine rings is 1. The van der Waals surface area contributed by atoms with E-state index < -0.39 is 37.0 Å². The van der Waals surface area contributed by atoms with Crippen LogP contribution in [0.3, 0.4) is 0 Å². The number of hydrogen-bond donors (Lipinski definition) is 5. The fourth-order valence-electron chi connectivity index (χ4n) is 2.76. The molecular weight excluding hydrogens is 361 g/mol. The highest BCUT2D eigenvalue weighted by molar-refractivity contribution is 6.43. The summed E-state index contributed by atoms with van der Waals surface area (Å²) in [6.45, 7) is 7.21. The summed E-state index contributed by atoms with van der Waals surface area (Å²) < 4.78 is 0. The Balaban J connectivity index is 2.85. The molecular formula is C19H32BN3O5. The first-order chi connectivity index (χ1) is 13.1. The third kappa shape index (κ3) is 7.96. The van der Waals surface area contributed by atoms with Gasteiger partial charge in [-0.1, -0.05) is 33.3 Å². The van der Waals surface area contributed by atoms with Gasteiger partial charge in [-0.3, -0.25) is 9.59 Å². The third-order valence-electron chi connectivity index (χ3n) is 4.29. The molecule has 0 aliphatic carbocycles. The van der Waals surface area contributed by atoms with E-state index in [4.69, 9.17) is 0 Å². The third-order valence-corrected chi connectivity index (χ3v) is 4.29. The van der Waals surface area contributed by atoms with Crippen molar-refractivity contribution in [2.45, 2.75) is 71.5 Å². The van der Waals surface area contributed by atoms with Crippen LogP contribution in [0.1, 0.15) is 63.1 Å². The molecule has 156 valence electrons. The number of aliphatic hydroxyl groups is 1. The van der Waals surface area contributed by atoms with Crippen molar-refractivity contribution in [1.29, 1.82) is 0 Å². The van der Waals surface area contributed by atoms with Crippen molar-refractivity contribution in [1.82, 2.24) is 15.6 Å². The number of hydrogen-bond acceptors (Lipinski definition) is 6. The minimum absolute atomic E-state index is 0.113. The number of nitrogens with zero attached hydrogens (tertiary/aromatic N) is 1. The SMILES string of the molecule is CCCCc1cccc(C(=O)N[C@H](C(=O)N[C@@H](CC(C)C)B(O)O)[C@@H](C)O)n1. The van der Waals surface area contributed by atoms with E-state index in [1.807, 2.05) is 19.9 Å². The molecule has 3 atom stereocenters. The van der Waals surface area contributed by atoms with Crippen molar-refractivity contribution in [2.75, 3.05) is 0 Å². The lowest BCUT2D eigenvalue weighted by atomic mass is 9.75. The second kappa shape index (κ2) is 11.8. The zero-order chi connectivity index (χ0) is 21.3. The quantitative estimate of drug-likeness (QED) is 0.347. The van der Waals surface area contributed by atoms with Gasteiger partial charge in [0, 0.05) is 5.69 Å². The van der Waals surface area contributed by atoms with Gasteiger partial charge in [0.25, 0.3) is 5.91 Å². The van der Waals surface area contributed by atoms with Crippen molar-refractivity contribution in [3.63, 3.8) is 0 Å². The molecule has 28 heavy (non-hydrogen) atoms. The highest BCUT2D eigenvalue weighted by Gasteiger charge is 2.32. The monoisotopic (exact) mass is 393 g/mol. The van der Waals surface area contributed by atoms with Gasteiger partial charge < -0.3 is 25.8 Å². The van der Waals surface area contributed by atoms with Crippen LogP contribution in [0.5, 0.6) is 0 Å². The molecule has 8 nitrogen and oxygen atoms in total. The summed E-state index contributed by atoms with van der Waals surface area (Å²) in [6, 6.07) is 3.86. The van der Waals surface area contributed by atoms with E-state index >= 15 is 0 Å². The molecule has 0 unspecified atom stereocenters. The van der Waals surface area contributed by atoms with E-state index in [9.17, 15) is 24.7 Å². The first-order valence-corrected chi connectivity index (χ1v) is 9.77. The lowest BCUT2D eigenvalue weighted by molar-refractivity contribution is -0.125. The van der Waals surface area contributed by atoms with E-state index in [1.165, 1.54) is 6.92 Å². The molecule has 1 heterocycles. The average molecular weight is 393 g/mol. The summed E-state index contributed by atoms with van der Waals surface area (Å²) in [6.07, 6.45) is 1.88. The summed E-state index contributed by atoms with van der Waals surface area (Å²) in [5.74, 6) is -2.06. The number of rotatable bonds is 11. The van der Waals surface area contributed by atoms with Crippen LogP contribution in [-0.4, -0.2) is 57.2 Å². The smallest absolute Gasteiger partial charge is 0.426 e. The molecule has 0 saturated heterocycles. The second-order valence-electron chi connectivity index (χ2n) is 7.47. The maximum atomic E-state index is 12.5. The zero-order valence-corrected chi connectivity index (χ0v) is 17.1. The van der Waals surface area contributed by atoms with Gasteiger partial charge in [-0.2, -0.15) is 0 Å². The number of amides is 2. The van der Waals surface area contributed by atoms with Gasteiger partial charge in [-0.05, 0) is 44.2 Å². The van der Waals surface area contributed by atoms with Gasteiger partial charge in [-0.25, -0.2) is 4.98 Å². The predicted octanol–water partition coefficient (Wildman–Crippen LogP) is 0.446. The zero-order valence-electron chi connectivity index (χ0n) is 17.1. The predicted molar refractivity (Wildman–Crippen MR) is 107 cm³/mol. The first kappa shape index (κ1) is 24.1. The van der Waals surface area contributed by atoms with Crippen molar-refractivity contribution in [3.05, 3.63) is 29.6 Å². The number of unbranched alkanes of at least 4 members (excludes halogenated alkanes) is 1. The number of nitrogens with one attached hydrogen (secondary N) is 2. The summed E-state index contributed by atoms with van der Waals surface area (Å²) >= 11 is 0. The van der Waals surface area contributed by atoms with E-state index in [-0.39, 0.29) is 11.6 Å². The Bertz CT molecular complexity index is 640. The Kier molecular flexibility index (Phi) is 10.1. The first-order valence-electron chi connectivity index (χ1n) is 9.77. The van der Waals surface area contributed by atoms with Crippen molar-refractivity contribution in [2.24, 2.45) is 5.92 Å². The van der Waals surface area contributed by atoms with E-state index in [0.29, 0.717) is 6.42 Å². The van der Waals surface area contributed by atoms with Gasteiger partial charge in [-0.15, -0.1) is 0 Å². The van der Waals surface area contributed by atoms with Gasteiger partial charge in [0.15, 0.2) is 0 Å². The average Bonchev–Trinajstić information content (AvgIpc) is 2.63. The van der Waals surface area contributed by atoms with E-state index in [2.05, 4.69) is 22.5 Å². The molecule has 0 spiro atoms. The summed E-state index contributed by atoms with van der Waals surface area (Å²) in [7, 11) is -1.74. The fourth-order valence-corrected chi connectivity index (χ4v) is 2.76. The largest absolute Gasteiger partial charge is 0.475 e. The molecule has 1 aromatic rings. The maximum absolute atomic E-state index is 12.5. The summed E-state index contributed by atoms with van der Waals surface area (Å²) in [5.41, 5.74) is 0.945. The minimum Gasteiger partial charge on any atom is -0.426 e.